The van der Waals surface area contributed by atoms with Gasteiger partial charge in [-0.3, -0.25) is 4.79 Å². The predicted octanol–water partition coefficient (Wildman–Crippen LogP) is 1.05. The second-order valence-electron chi connectivity index (χ2n) is 5.03. The van der Waals surface area contributed by atoms with Crippen molar-refractivity contribution in [1.82, 2.24) is 20.1 Å². The fourth-order valence-electron chi connectivity index (χ4n) is 2.53. The number of nitrogens with zero attached hydrogens (tertiary/aromatic N) is 4. The predicted molar refractivity (Wildman–Crippen MR) is 77.4 cm³/mol. The van der Waals surface area contributed by atoms with Gasteiger partial charge in [-0.05, 0) is 12.1 Å². The van der Waals surface area contributed by atoms with Gasteiger partial charge in [0.2, 0.25) is 5.95 Å². The van der Waals surface area contributed by atoms with Gasteiger partial charge in [-0.1, -0.05) is 0 Å². The SMILES string of the molecule is COc1ccc(F)c(F)c1C(=O)N1CCN(c2ncn[nH]2)CC1. The molecule has 1 aromatic carbocycles. The first-order valence-electron chi connectivity index (χ1n) is 7.03. The zero-order chi connectivity index (χ0) is 16.4. The van der Waals surface area contributed by atoms with E-state index in [1.54, 1.807) is 0 Å². The van der Waals surface area contributed by atoms with E-state index in [1.165, 1.54) is 24.4 Å². The summed E-state index contributed by atoms with van der Waals surface area (Å²) in [7, 11) is 1.31. The van der Waals surface area contributed by atoms with Crippen molar-refractivity contribution in [3.8, 4) is 5.75 Å². The van der Waals surface area contributed by atoms with Crippen molar-refractivity contribution in [2.24, 2.45) is 0 Å². The molecule has 1 amide bonds. The fourth-order valence-corrected chi connectivity index (χ4v) is 2.53. The van der Waals surface area contributed by atoms with Gasteiger partial charge in [0.05, 0.1) is 7.11 Å². The molecule has 1 fully saturated rings. The third-order valence-electron chi connectivity index (χ3n) is 3.76. The lowest BCUT2D eigenvalue weighted by Gasteiger charge is -2.34. The highest BCUT2D eigenvalue weighted by Gasteiger charge is 2.29. The Morgan fingerprint density at radius 2 is 2.00 bits per heavy atom. The number of H-pyrrole nitrogens is 1. The standard InChI is InChI=1S/C14H15F2N5O2/c1-23-10-3-2-9(15)12(16)11(10)13(22)20-4-6-21(7-5-20)14-17-8-18-19-14/h2-3,8H,4-7H2,1H3,(H,17,18,19). The number of anilines is 1. The summed E-state index contributed by atoms with van der Waals surface area (Å²) in [5.74, 6) is -2.21. The van der Waals surface area contributed by atoms with Crippen molar-refractivity contribution in [2.45, 2.75) is 0 Å². The van der Waals surface area contributed by atoms with Crippen LogP contribution in [0, 0.1) is 11.6 Å². The number of carbonyl (C=O) groups is 1. The lowest BCUT2D eigenvalue weighted by molar-refractivity contribution is 0.0736. The molecular formula is C14H15F2N5O2. The molecule has 0 saturated carbocycles. The van der Waals surface area contributed by atoms with Gasteiger partial charge < -0.3 is 14.5 Å². The second-order valence-corrected chi connectivity index (χ2v) is 5.03. The smallest absolute Gasteiger partial charge is 0.260 e. The van der Waals surface area contributed by atoms with Crippen LogP contribution >= 0.6 is 0 Å². The van der Waals surface area contributed by atoms with Crippen molar-refractivity contribution in [3.05, 3.63) is 35.7 Å². The Labute approximate surface area is 130 Å². The summed E-state index contributed by atoms with van der Waals surface area (Å²) in [6, 6.07) is 2.18. The molecule has 0 unspecified atom stereocenters. The molecule has 1 aromatic heterocycles. The van der Waals surface area contributed by atoms with E-state index >= 15 is 0 Å². The Morgan fingerprint density at radius 1 is 1.26 bits per heavy atom. The van der Waals surface area contributed by atoms with E-state index in [0.717, 1.165) is 6.07 Å². The van der Waals surface area contributed by atoms with Gasteiger partial charge in [0.1, 0.15) is 17.6 Å². The summed E-state index contributed by atoms with van der Waals surface area (Å²) in [6.07, 6.45) is 1.40. The topological polar surface area (TPSA) is 74.3 Å². The summed E-state index contributed by atoms with van der Waals surface area (Å²) in [4.78, 5) is 20.0. The van der Waals surface area contributed by atoms with Gasteiger partial charge in [-0.2, -0.15) is 10.1 Å². The Bertz CT molecular complexity index is 699. The van der Waals surface area contributed by atoms with Gasteiger partial charge >= 0.3 is 0 Å². The summed E-state index contributed by atoms with van der Waals surface area (Å²) < 4.78 is 32.4. The molecule has 1 aliphatic rings. The Hall–Kier alpha value is -2.71. The van der Waals surface area contributed by atoms with E-state index in [2.05, 4.69) is 15.2 Å². The number of carbonyl (C=O) groups excluding carboxylic acids is 1. The van der Waals surface area contributed by atoms with Gasteiger partial charge in [-0.25, -0.2) is 13.9 Å². The first-order chi connectivity index (χ1) is 11.1. The maximum absolute atomic E-state index is 14.0. The van der Waals surface area contributed by atoms with Crippen molar-refractivity contribution in [1.29, 1.82) is 0 Å². The number of aromatic amines is 1. The Balaban J connectivity index is 1.76. The minimum atomic E-state index is -1.19. The number of halogens is 2. The minimum absolute atomic E-state index is 0.0200. The van der Waals surface area contributed by atoms with Gasteiger partial charge in [0.15, 0.2) is 11.6 Å². The number of hydrogen-bond acceptors (Lipinski definition) is 5. The zero-order valence-electron chi connectivity index (χ0n) is 12.4. The molecule has 0 radical (unpaired) electrons. The highest BCUT2D eigenvalue weighted by atomic mass is 19.2. The maximum atomic E-state index is 14.0. The normalized spacial score (nSPS) is 14.9. The van der Waals surface area contributed by atoms with Crippen LogP contribution in [0.2, 0.25) is 0 Å². The number of rotatable bonds is 3. The molecule has 3 rings (SSSR count). The van der Waals surface area contributed by atoms with Crippen LogP contribution in [0.15, 0.2) is 18.5 Å². The van der Waals surface area contributed by atoms with Crippen LogP contribution in [-0.4, -0.2) is 59.3 Å². The highest BCUT2D eigenvalue weighted by molar-refractivity contribution is 5.97. The van der Waals surface area contributed by atoms with Crippen LogP contribution in [0.3, 0.4) is 0 Å². The first kappa shape index (κ1) is 15.2. The number of ether oxygens (including phenoxy) is 1. The fraction of sp³-hybridized carbons (Fsp3) is 0.357. The molecule has 0 aliphatic carbocycles. The van der Waals surface area contributed by atoms with Crippen molar-refractivity contribution >= 4 is 11.9 Å². The summed E-state index contributed by atoms with van der Waals surface area (Å²) in [6.45, 7) is 1.75. The van der Waals surface area contributed by atoms with Gasteiger partial charge in [-0.15, -0.1) is 0 Å². The average Bonchev–Trinajstić information content (AvgIpc) is 3.11. The number of amides is 1. The van der Waals surface area contributed by atoms with E-state index in [0.29, 0.717) is 32.1 Å². The largest absolute Gasteiger partial charge is 0.496 e. The third kappa shape index (κ3) is 2.81. The third-order valence-corrected chi connectivity index (χ3v) is 3.76. The van der Waals surface area contributed by atoms with Crippen molar-refractivity contribution < 1.29 is 18.3 Å². The van der Waals surface area contributed by atoms with Crippen molar-refractivity contribution in [2.75, 3.05) is 38.2 Å². The molecule has 122 valence electrons. The Morgan fingerprint density at radius 3 is 2.61 bits per heavy atom. The molecule has 0 bridgehead atoms. The van der Waals surface area contributed by atoms with E-state index in [1.807, 2.05) is 4.90 Å². The highest BCUT2D eigenvalue weighted by Crippen LogP contribution is 2.25. The molecule has 2 heterocycles. The van der Waals surface area contributed by atoms with E-state index in [4.69, 9.17) is 4.74 Å². The lowest BCUT2D eigenvalue weighted by Crippen LogP contribution is -2.49. The summed E-state index contributed by atoms with van der Waals surface area (Å²) in [5, 5.41) is 6.53. The number of aromatic nitrogens is 3. The van der Waals surface area contributed by atoms with E-state index in [9.17, 15) is 13.6 Å². The molecule has 7 nitrogen and oxygen atoms in total. The van der Waals surface area contributed by atoms with E-state index in [-0.39, 0.29) is 11.3 Å². The molecule has 0 atom stereocenters. The molecule has 1 N–H and O–H groups in total. The molecule has 0 spiro atoms. The van der Waals surface area contributed by atoms with Crippen LogP contribution in [0.1, 0.15) is 10.4 Å². The lowest BCUT2D eigenvalue weighted by atomic mass is 10.1. The number of piperazine rings is 1. The van der Waals surface area contributed by atoms with Crippen LogP contribution < -0.4 is 9.64 Å². The number of benzene rings is 1. The maximum Gasteiger partial charge on any atom is 0.260 e. The molecule has 23 heavy (non-hydrogen) atoms. The van der Waals surface area contributed by atoms with Crippen LogP contribution in [-0.2, 0) is 0 Å². The Kier molecular flexibility index (Phi) is 4.09. The van der Waals surface area contributed by atoms with E-state index < -0.39 is 17.5 Å². The minimum Gasteiger partial charge on any atom is -0.496 e. The molecule has 2 aromatic rings. The number of methoxy groups -OCH3 is 1. The number of nitrogens with one attached hydrogen (secondary N) is 1. The van der Waals surface area contributed by atoms with Crippen LogP contribution in [0.5, 0.6) is 5.75 Å². The zero-order valence-corrected chi connectivity index (χ0v) is 12.4. The molecule has 1 saturated heterocycles. The molecular weight excluding hydrogens is 308 g/mol. The second kappa shape index (κ2) is 6.19. The summed E-state index contributed by atoms with van der Waals surface area (Å²) >= 11 is 0. The number of hydrogen-bond donors (Lipinski definition) is 1. The van der Waals surface area contributed by atoms with Gasteiger partial charge in [0, 0.05) is 26.2 Å². The first-order valence-corrected chi connectivity index (χ1v) is 7.03. The van der Waals surface area contributed by atoms with Crippen LogP contribution in [0.25, 0.3) is 0 Å². The van der Waals surface area contributed by atoms with Crippen molar-refractivity contribution in [3.63, 3.8) is 0 Å². The molecule has 1 aliphatic heterocycles. The van der Waals surface area contributed by atoms with Gasteiger partial charge in [0.25, 0.3) is 5.91 Å². The average molecular weight is 323 g/mol. The molecule has 9 heteroatoms. The quantitative estimate of drug-likeness (QED) is 0.914. The van der Waals surface area contributed by atoms with Crippen LogP contribution in [0.4, 0.5) is 14.7 Å². The summed E-state index contributed by atoms with van der Waals surface area (Å²) in [5.41, 5.74) is -0.374. The monoisotopic (exact) mass is 323 g/mol.